The zero-order valence-electron chi connectivity index (χ0n) is 17.9. The second-order valence-corrected chi connectivity index (χ2v) is 7.89. The summed E-state index contributed by atoms with van der Waals surface area (Å²) in [4.78, 5) is 23.9. The van der Waals surface area contributed by atoms with Crippen LogP contribution in [-0.2, 0) is 24.7 Å². The number of carbonyl (C=O) groups excluding carboxylic acids is 1. The predicted molar refractivity (Wildman–Crippen MR) is 125 cm³/mol. The number of nitrogens with one attached hydrogen (secondary N) is 1. The Balaban J connectivity index is 1.38. The van der Waals surface area contributed by atoms with Crippen LogP contribution in [0.4, 0.5) is 17.5 Å². The Morgan fingerprint density at radius 3 is 2.75 bits per heavy atom. The number of hydrogen-bond acceptors (Lipinski definition) is 5. The van der Waals surface area contributed by atoms with E-state index in [0.717, 1.165) is 47.7 Å². The fourth-order valence-corrected chi connectivity index (χ4v) is 4.07. The van der Waals surface area contributed by atoms with Crippen molar-refractivity contribution in [3.05, 3.63) is 84.2 Å². The Kier molecular flexibility index (Phi) is 5.37. The van der Waals surface area contributed by atoms with Crippen LogP contribution in [0.1, 0.15) is 17.5 Å². The molecule has 0 saturated carbocycles. The van der Waals surface area contributed by atoms with Crippen molar-refractivity contribution in [3.8, 4) is 11.3 Å². The predicted octanol–water partition coefficient (Wildman–Crippen LogP) is 4.14. The Morgan fingerprint density at radius 1 is 1.06 bits per heavy atom. The van der Waals surface area contributed by atoms with Gasteiger partial charge in [-0.1, -0.05) is 36.4 Å². The summed E-state index contributed by atoms with van der Waals surface area (Å²) in [5.74, 6) is 1.47. The van der Waals surface area contributed by atoms with Crippen LogP contribution in [0.2, 0.25) is 0 Å². The molecule has 1 aliphatic heterocycles. The number of anilines is 3. The van der Waals surface area contributed by atoms with Gasteiger partial charge in [-0.2, -0.15) is 5.10 Å². The maximum atomic E-state index is 13.0. The standard InChI is InChI=1S/C25H24N6O/c1-30-23(12-14-27-30)29-25-26-13-11-21(28-25)19-9-10-22-20(17-19)8-5-15-31(22)24(32)16-18-6-3-2-4-7-18/h2-4,6-7,9-14,17H,5,8,15-16H2,1H3,(H,26,28,29). The molecule has 2 aromatic heterocycles. The minimum Gasteiger partial charge on any atom is -0.312 e. The van der Waals surface area contributed by atoms with Gasteiger partial charge in [-0.3, -0.25) is 9.48 Å². The van der Waals surface area contributed by atoms with Crippen molar-refractivity contribution in [1.82, 2.24) is 19.7 Å². The molecule has 1 aliphatic rings. The highest BCUT2D eigenvalue weighted by molar-refractivity contribution is 5.96. The van der Waals surface area contributed by atoms with Gasteiger partial charge in [-0.05, 0) is 42.2 Å². The summed E-state index contributed by atoms with van der Waals surface area (Å²) in [5.41, 5.74) is 5.06. The summed E-state index contributed by atoms with van der Waals surface area (Å²) in [6.45, 7) is 0.754. The highest BCUT2D eigenvalue weighted by atomic mass is 16.2. The highest BCUT2D eigenvalue weighted by Gasteiger charge is 2.23. The lowest BCUT2D eigenvalue weighted by Crippen LogP contribution is -2.36. The Labute approximate surface area is 186 Å². The highest BCUT2D eigenvalue weighted by Crippen LogP contribution is 2.32. The van der Waals surface area contributed by atoms with Crippen LogP contribution >= 0.6 is 0 Å². The summed E-state index contributed by atoms with van der Waals surface area (Å²) in [6, 6.07) is 19.9. The van der Waals surface area contributed by atoms with Crippen molar-refractivity contribution in [1.29, 1.82) is 0 Å². The third kappa shape index (κ3) is 4.09. The van der Waals surface area contributed by atoms with Crippen molar-refractivity contribution in [2.75, 3.05) is 16.8 Å². The van der Waals surface area contributed by atoms with Crippen LogP contribution in [0.3, 0.4) is 0 Å². The van der Waals surface area contributed by atoms with Gasteiger partial charge in [-0.25, -0.2) is 9.97 Å². The Hall–Kier alpha value is -4.00. The van der Waals surface area contributed by atoms with Gasteiger partial charge in [0.15, 0.2) is 0 Å². The van der Waals surface area contributed by atoms with E-state index in [1.807, 2.05) is 66.5 Å². The zero-order chi connectivity index (χ0) is 21.9. The third-order valence-electron chi connectivity index (χ3n) is 5.71. The maximum absolute atomic E-state index is 13.0. The van der Waals surface area contributed by atoms with E-state index in [1.54, 1.807) is 17.1 Å². The summed E-state index contributed by atoms with van der Waals surface area (Å²) in [5, 5.41) is 7.35. The van der Waals surface area contributed by atoms with Crippen LogP contribution in [0.25, 0.3) is 11.3 Å². The molecule has 0 spiro atoms. The molecule has 160 valence electrons. The average molecular weight is 425 g/mol. The first-order chi connectivity index (χ1) is 15.7. The molecule has 0 unspecified atom stereocenters. The van der Waals surface area contributed by atoms with Crippen molar-refractivity contribution < 1.29 is 4.79 Å². The van der Waals surface area contributed by atoms with Gasteiger partial charge < -0.3 is 10.2 Å². The van der Waals surface area contributed by atoms with E-state index < -0.39 is 0 Å². The second kappa shape index (κ2) is 8.63. The van der Waals surface area contributed by atoms with E-state index in [-0.39, 0.29) is 5.91 Å². The second-order valence-electron chi connectivity index (χ2n) is 7.89. The monoisotopic (exact) mass is 424 g/mol. The minimum atomic E-state index is 0.134. The van der Waals surface area contributed by atoms with Gasteiger partial charge in [-0.15, -0.1) is 0 Å². The lowest BCUT2D eigenvalue weighted by Gasteiger charge is -2.30. The largest absolute Gasteiger partial charge is 0.312 e. The molecule has 0 aliphatic carbocycles. The number of fused-ring (bicyclic) bond motifs is 1. The lowest BCUT2D eigenvalue weighted by atomic mass is 9.97. The normalized spacial score (nSPS) is 13.0. The van der Waals surface area contributed by atoms with Crippen molar-refractivity contribution in [2.45, 2.75) is 19.3 Å². The topological polar surface area (TPSA) is 75.9 Å². The molecule has 2 aromatic carbocycles. The number of hydrogen-bond donors (Lipinski definition) is 1. The SMILES string of the molecule is Cn1nccc1Nc1nccc(-c2ccc3c(c2)CCCN3C(=O)Cc2ccccc2)n1. The fraction of sp³-hybridized carbons (Fsp3) is 0.200. The fourth-order valence-electron chi connectivity index (χ4n) is 4.07. The molecule has 0 fully saturated rings. The number of benzene rings is 2. The first-order valence-corrected chi connectivity index (χ1v) is 10.7. The van der Waals surface area contributed by atoms with Gasteiger partial charge in [0.1, 0.15) is 5.82 Å². The van der Waals surface area contributed by atoms with Crippen LogP contribution in [0.5, 0.6) is 0 Å². The summed E-state index contributed by atoms with van der Waals surface area (Å²) >= 11 is 0. The zero-order valence-corrected chi connectivity index (χ0v) is 17.9. The first kappa shape index (κ1) is 19.9. The summed E-state index contributed by atoms with van der Waals surface area (Å²) < 4.78 is 1.73. The number of aromatic nitrogens is 4. The molecule has 3 heterocycles. The summed E-state index contributed by atoms with van der Waals surface area (Å²) in [6.07, 6.45) is 5.78. The molecule has 5 rings (SSSR count). The molecule has 0 atom stereocenters. The van der Waals surface area contributed by atoms with Gasteiger partial charge in [0.2, 0.25) is 11.9 Å². The molecule has 32 heavy (non-hydrogen) atoms. The molecule has 1 amide bonds. The lowest BCUT2D eigenvalue weighted by molar-refractivity contribution is -0.118. The van der Waals surface area contributed by atoms with Crippen molar-refractivity contribution in [3.63, 3.8) is 0 Å². The molecule has 0 saturated heterocycles. The smallest absolute Gasteiger partial charge is 0.231 e. The molecule has 1 N–H and O–H groups in total. The number of carbonyl (C=O) groups is 1. The quantitative estimate of drug-likeness (QED) is 0.521. The van der Waals surface area contributed by atoms with Gasteiger partial charge in [0, 0.05) is 37.1 Å². The Bertz CT molecular complexity index is 1250. The van der Waals surface area contributed by atoms with Crippen LogP contribution in [0, 0.1) is 0 Å². The van der Waals surface area contributed by atoms with Gasteiger partial charge in [0.25, 0.3) is 0 Å². The average Bonchev–Trinajstić information content (AvgIpc) is 3.23. The van der Waals surface area contributed by atoms with E-state index >= 15 is 0 Å². The van der Waals surface area contributed by atoms with Crippen molar-refractivity contribution in [2.24, 2.45) is 7.05 Å². The maximum Gasteiger partial charge on any atom is 0.231 e. The van der Waals surface area contributed by atoms with Crippen LogP contribution in [0.15, 0.2) is 73.1 Å². The molecule has 0 radical (unpaired) electrons. The summed E-state index contributed by atoms with van der Waals surface area (Å²) in [7, 11) is 1.86. The van der Waals surface area contributed by atoms with Crippen LogP contribution in [-0.4, -0.2) is 32.2 Å². The first-order valence-electron chi connectivity index (χ1n) is 10.7. The molecule has 7 heteroatoms. The third-order valence-corrected chi connectivity index (χ3v) is 5.71. The molecule has 0 bridgehead atoms. The van der Waals surface area contributed by atoms with E-state index in [2.05, 4.69) is 26.4 Å². The van der Waals surface area contributed by atoms with E-state index in [9.17, 15) is 4.79 Å². The Morgan fingerprint density at radius 2 is 1.94 bits per heavy atom. The van der Waals surface area contributed by atoms with Crippen molar-refractivity contribution >= 4 is 23.4 Å². The molecular formula is C25H24N6O. The number of amides is 1. The number of aryl methyl sites for hydroxylation is 2. The van der Waals surface area contributed by atoms with E-state index in [1.165, 1.54) is 5.56 Å². The minimum absolute atomic E-state index is 0.134. The van der Waals surface area contributed by atoms with Gasteiger partial charge >= 0.3 is 0 Å². The van der Waals surface area contributed by atoms with Gasteiger partial charge in [0.05, 0.1) is 18.3 Å². The number of nitrogens with zero attached hydrogens (tertiary/aromatic N) is 5. The van der Waals surface area contributed by atoms with Crippen LogP contribution < -0.4 is 10.2 Å². The van der Waals surface area contributed by atoms with E-state index in [0.29, 0.717) is 12.4 Å². The van der Waals surface area contributed by atoms with E-state index in [4.69, 9.17) is 0 Å². The molecular weight excluding hydrogens is 400 g/mol. The number of rotatable bonds is 5. The molecule has 7 nitrogen and oxygen atoms in total. The molecule has 4 aromatic rings.